The number of nitro benzene ring substituents is 1. The van der Waals surface area contributed by atoms with E-state index >= 15 is 0 Å². The molecule has 4 nitrogen and oxygen atoms in total. The Labute approximate surface area is 111 Å². The second-order valence-corrected chi connectivity index (χ2v) is 5.01. The van der Waals surface area contributed by atoms with Crippen molar-refractivity contribution in [1.29, 1.82) is 0 Å². The minimum atomic E-state index is -0.394. The zero-order chi connectivity index (χ0) is 13.5. The highest BCUT2D eigenvalue weighted by atomic mass is 16.6. The van der Waals surface area contributed by atoms with Crippen molar-refractivity contribution < 1.29 is 4.92 Å². The van der Waals surface area contributed by atoms with E-state index in [2.05, 4.69) is 12.1 Å². The molecule has 0 aliphatic heterocycles. The summed E-state index contributed by atoms with van der Waals surface area (Å²) < 4.78 is 0. The largest absolute Gasteiger partial charge is 0.321 e. The van der Waals surface area contributed by atoms with Crippen molar-refractivity contribution in [1.82, 2.24) is 0 Å². The van der Waals surface area contributed by atoms with Gasteiger partial charge in [0.15, 0.2) is 0 Å². The van der Waals surface area contributed by atoms with E-state index in [-0.39, 0.29) is 11.2 Å². The minimum Gasteiger partial charge on any atom is -0.321 e. The number of hydrogen-bond acceptors (Lipinski definition) is 3. The van der Waals surface area contributed by atoms with Gasteiger partial charge in [-0.1, -0.05) is 42.5 Å². The number of rotatable bonds is 3. The van der Waals surface area contributed by atoms with E-state index in [0.29, 0.717) is 5.92 Å². The van der Waals surface area contributed by atoms with Crippen LogP contribution in [-0.2, 0) is 5.54 Å². The number of non-ortho nitro benzene ring substituents is 1. The van der Waals surface area contributed by atoms with E-state index in [4.69, 9.17) is 5.73 Å². The Bertz CT molecular complexity index is 610. The first-order valence-electron chi connectivity index (χ1n) is 6.20. The number of nitro groups is 1. The highest BCUT2D eigenvalue weighted by Gasteiger charge is 2.52. The molecule has 0 radical (unpaired) electrons. The fraction of sp³-hybridized carbons (Fsp3) is 0.200. The smallest absolute Gasteiger partial charge is 0.269 e. The Morgan fingerprint density at radius 1 is 1.11 bits per heavy atom. The van der Waals surface area contributed by atoms with Crippen molar-refractivity contribution >= 4 is 5.69 Å². The predicted octanol–water partition coefficient (Wildman–Crippen LogP) is 2.94. The summed E-state index contributed by atoms with van der Waals surface area (Å²) in [5.41, 5.74) is 8.31. The molecule has 2 atom stereocenters. The lowest BCUT2D eigenvalue weighted by atomic mass is 9.99. The lowest BCUT2D eigenvalue weighted by molar-refractivity contribution is -0.384. The van der Waals surface area contributed by atoms with Gasteiger partial charge in [-0.05, 0) is 17.5 Å². The fourth-order valence-electron chi connectivity index (χ4n) is 2.59. The molecule has 4 heteroatoms. The standard InChI is InChI=1S/C15H14N2O2/c16-15(10-14(15)11-4-2-1-3-5-11)12-6-8-13(9-7-12)17(18)19/h1-9,14H,10,16H2/t14-,15+/m1/s1. The van der Waals surface area contributed by atoms with Crippen LogP contribution in [-0.4, -0.2) is 4.92 Å². The lowest BCUT2D eigenvalue weighted by Crippen LogP contribution is -2.21. The minimum absolute atomic E-state index is 0.101. The van der Waals surface area contributed by atoms with Crippen LogP contribution < -0.4 is 5.73 Å². The van der Waals surface area contributed by atoms with Crippen LogP contribution >= 0.6 is 0 Å². The van der Waals surface area contributed by atoms with Crippen molar-refractivity contribution in [2.75, 3.05) is 0 Å². The third-order valence-electron chi connectivity index (χ3n) is 3.82. The van der Waals surface area contributed by atoms with Gasteiger partial charge in [-0.2, -0.15) is 0 Å². The average molecular weight is 254 g/mol. The van der Waals surface area contributed by atoms with E-state index < -0.39 is 4.92 Å². The van der Waals surface area contributed by atoms with Gasteiger partial charge < -0.3 is 5.73 Å². The molecule has 0 heterocycles. The molecule has 1 aliphatic rings. The van der Waals surface area contributed by atoms with Crippen LogP contribution in [0.1, 0.15) is 23.5 Å². The summed E-state index contributed by atoms with van der Waals surface area (Å²) in [6, 6.07) is 16.7. The topological polar surface area (TPSA) is 69.2 Å². The molecule has 19 heavy (non-hydrogen) atoms. The van der Waals surface area contributed by atoms with Crippen LogP contribution in [0.25, 0.3) is 0 Å². The third kappa shape index (κ3) is 2.00. The summed E-state index contributed by atoms with van der Waals surface area (Å²) in [6.07, 6.45) is 0.884. The first kappa shape index (κ1) is 11.9. The van der Waals surface area contributed by atoms with E-state index in [0.717, 1.165) is 12.0 Å². The molecule has 2 aromatic rings. The SMILES string of the molecule is N[C@]1(c2ccc([N+](=O)[O-])cc2)C[C@@H]1c1ccccc1. The predicted molar refractivity (Wildman–Crippen MR) is 72.8 cm³/mol. The highest BCUT2D eigenvalue weighted by molar-refractivity contribution is 5.44. The maximum atomic E-state index is 10.6. The van der Waals surface area contributed by atoms with Crippen LogP contribution in [0.15, 0.2) is 54.6 Å². The quantitative estimate of drug-likeness (QED) is 0.676. The summed E-state index contributed by atoms with van der Waals surface area (Å²) >= 11 is 0. The summed E-state index contributed by atoms with van der Waals surface area (Å²) in [5.74, 6) is 0.301. The number of nitrogens with zero attached hydrogens (tertiary/aromatic N) is 1. The summed E-state index contributed by atoms with van der Waals surface area (Å²) in [7, 11) is 0. The van der Waals surface area contributed by atoms with E-state index in [1.807, 2.05) is 18.2 Å². The van der Waals surface area contributed by atoms with Crippen molar-refractivity contribution in [2.45, 2.75) is 17.9 Å². The molecule has 3 rings (SSSR count). The van der Waals surface area contributed by atoms with E-state index in [1.165, 1.54) is 17.7 Å². The van der Waals surface area contributed by atoms with Gasteiger partial charge in [0.25, 0.3) is 5.69 Å². The first-order valence-corrected chi connectivity index (χ1v) is 6.20. The summed E-state index contributed by atoms with van der Waals surface area (Å²) in [4.78, 5) is 10.2. The lowest BCUT2D eigenvalue weighted by Gasteiger charge is -2.12. The molecule has 96 valence electrons. The molecule has 0 bridgehead atoms. The monoisotopic (exact) mass is 254 g/mol. The Hall–Kier alpha value is -2.20. The molecule has 2 N–H and O–H groups in total. The van der Waals surface area contributed by atoms with Gasteiger partial charge in [0.1, 0.15) is 0 Å². The second-order valence-electron chi connectivity index (χ2n) is 5.01. The maximum absolute atomic E-state index is 10.6. The van der Waals surface area contributed by atoms with E-state index in [1.54, 1.807) is 12.1 Å². The molecule has 1 saturated carbocycles. The zero-order valence-corrected chi connectivity index (χ0v) is 10.3. The number of nitrogens with two attached hydrogens (primary N) is 1. The molecule has 0 amide bonds. The zero-order valence-electron chi connectivity index (χ0n) is 10.3. The van der Waals surface area contributed by atoms with Gasteiger partial charge in [-0.25, -0.2) is 0 Å². The van der Waals surface area contributed by atoms with Gasteiger partial charge >= 0.3 is 0 Å². The van der Waals surface area contributed by atoms with Gasteiger partial charge in [0.05, 0.1) is 4.92 Å². The van der Waals surface area contributed by atoms with Gasteiger partial charge in [0.2, 0.25) is 0 Å². The van der Waals surface area contributed by atoms with Gasteiger partial charge in [0, 0.05) is 23.6 Å². The Kier molecular flexibility index (Phi) is 2.61. The van der Waals surface area contributed by atoms with Gasteiger partial charge in [-0.3, -0.25) is 10.1 Å². The molecular formula is C15H14N2O2. The van der Waals surface area contributed by atoms with Crippen molar-refractivity contribution in [3.63, 3.8) is 0 Å². The van der Waals surface area contributed by atoms with Crippen LogP contribution in [0.2, 0.25) is 0 Å². The third-order valence-corrected chi connectivity index (χ3v) is 3.82. The molecule has 0 aromatic heterocycles. The first-order chi connectivity index (χ1) is 9.11. The summed E-state index contributed by atoms with van der Waals surface area (Å²) in [5, 5.41) is 10.6. The molecule has 1 aliphatic carbocycles. The van der Waals surface area contributed by atoms with Crippen LogP contribution in [0, 0.1) is 10.1 Å². The van der Waals surface area contributed by atoms with Crippen LogP contribution in [0.4, 0.5) is 5.69 Å². The maximum Gasteiger partial charge on any atom is 0.269 e. The van der Waals surface area contributed by atoms with Crippen molar-refractivity contribution in [3.8, 4) is 0 Å². The fourth-order valence-corrected chi connectivity index (χ4v) is 2.59. The van der Waals surface area contributed by atoms with Crippen LogP contribution in [0.5, 0.6) is 0 Å². The Balaban J connectivity index is 1.86. The number of benzene rings is 2. The molecule has 0 spiro atoms. The molecule has 1 fully saturated rings. The Morgan fingerprint density at radius 3 is 2.32 bits per heavy atom. The molecule has 0 saturated heterocycles. The van der Waals surface area contributed by atoms with E-state index in [9.17, 15) is 10.1 Å². The van der Waals surface area contributed by atoms with Crippen molar-refractivity contribution in [2.24, 2.45) is 5.73 Å². The molecule has 2 aromatic carbocycles. The second kappa shape index (κ2) is 4.17. The molecule has 0 unspecified atom stereocenters. The van der Waals surface area contributed by atoms with Gasteiger partial charge in [-0.15, -0.1) is 0 Å². The van der Waals surface area contributed by atoms with Crippen LogP contribution in [0.3, 0.4) is 0 Å². The Morgan fingerprint density at radius 2 is 1.74 bits per heavy atom. The van der Waals surface area contributed by atoms with Crippen molar-refractivity contribution in [3.05, 3.63) is 75.8 Å². The average Bonchev–Trinajstić information content (AvgIpc) is 3.14. The normalized spacial score (nSPS) is 25.0. The highest BCUT2D eigenvalue weighted by Crippen LogP contribution is 2.56. The molecular weight excluding hydrogens is 240 g/mol. The summed E-state index contributed by atoms with van der Waals surface area (Å²) in [6.45, 7) is 0. The number of hydrogen-bond donors (Lipinski definition) is 1.